The maximum Gasteiger partial charge on any atom is 0.315 e. The molecular weight excluding hydrogens is 372 g/mol. The van der Waals surface area contributed by atoms with E-state index in [0.717, 1.165) is 44.2 Å². The Hall–Kier alpha value is -3.08. The van der Waals surface area contributed by atoms with Gasteiger partial charge in [-0.05, 0) is 50.2 Å². The molecule has 1 aromatic heterocycles. The molecule has 2 unspecified atom stereocenters. The monoisotopic (exact) mass is 402 g/mol. The lowest BCUT2D eigenvalue weighted by Gasteiger charge is -2.25. The molecule has 2 atom stereocenters. The van der Waals surface area contributed by atoms with Crippen molar-refractivity contribution in [2.24, 2.45) is 0 Å². The van der Waals surface area contributed by atoms with Crippen molar-refractivity contribution in [2.45, 2.75) is 57.7 Å². The van der Waals surface area contributed by atoms with Gasteiger partial charge in [-0.3, -0.25) is 4.68 Å². The minimum atomic E-state index is -0.0933. The molecule has 0 saturated heterocycles. The third-order valence-corrected chi connectivity index (χ3v) is 5.83. The summed E-state index contributed by atoms with van der Waals surface area (Å²) in [5, 5.41) is 10.9. The molecule has 2 N–H and O–H groups in total. The van der Waals surface area contributed by atoms with Gasteiger partial charge in [0.25, 0.3) is 0 Å². The number of benzene rings is 2. The summed E-state index contributed by atoms with van der Waals surface area (Å²) in [5.74, 6) is 0. The van der Waals surface area contributed by atoms with Crippen LogP contribution in [-0.4, -0.2) is 21.9 Å². The molecule has 3 aromatic rings. The maximum absolute atomic E-state index is 12.6. The Morgan fingerprint density at radius 2 is 1.80 bits per heavy atom. The summed E-state index contributed by atoms with van der Waals surface area (Å²) < 4.78 is 2.08. The van der Waals surface area contributed by atoms with Gasteiger partial charge < -0.3 is 10.6 Å². The Morgan fingerprint density at radius 3 is 2.53 bits per heavy atom. The Balaban J connectivity index is 1.32. The van der Waals surface area contributed by atoms with Crippen molar-refractivity contribution in [3.05, 3.63) is 89.2 Å². The lowest BCUT2D eigenvalue weighted by Crippen LogP contribution is -2.43. The fourth-order valence-electron chi connectivity index (χ4n) is 4.18. The molecule has 1 aliphatic rings. The van der Waals surface area contributed by atoms with Gasteiger partial charge in [-0.15, -0.1) is 0 Å². The number of carbonyl (C=O) groups is 1. The molecule has 5 nitrogen and oxygen atoms in total. The molecule has 0 fully saturated rings. The van der Waals surface area contributed by atoms with Crippen molar-refractivity contribution in [3.8, 4) is 0 Å². The van der Waals surface area contributed by atoms with Crippen molar-refractivity contribution < 1.29 is 4.79 Å². The van der Waals surface area contributed by atoms with E-state index in [1.54, 1.807) is 0 Å². The SMILES string of the molecule is CC(CCc1ccccc1)NC(=O)NC1CCCc2c1cnn2Cc1ccccc1. The highest BCUT2D eigenvalue weighted by atomic mass is 16.2. The predicted octanol–water partition coefficient (Wildman–Crippen LogP) is 4.63. The number of fused-ring (bicyclic) bond motifs is 1. The number of rotatable bonds is 7. The van der Waals surface area contributed by atoms with Crippen LogP contribution >= 0.6 is 0 Å². The molecule has 0 saturated carbocycles. The molecule has 1 heterocycles. The molecule has 0 spiro atoms. The van der Waals surface area contributed by atoms with Crippen LogP contribution < -0.4 is 10.6 Å². The second-order valence-electron chi connectivity index (χ2n) is 8.18. The number of urea groups is 1. The fourth-order valence-corrected chi connectivity index (χ4v) is 4.18. The van der Waals surface area contributed by atoms with Gasteiger partial charge in [-0.25, -0.2) is 4.79 Å². The number of nitrogens with zero attached hydrogens (tertiary/aromatic N) is 2. The second kappa shape index (κ2) is 9.61. The maximum atomic E-state index is 12.6. The highest BCUT2D eigenvalue weighted by molar-refractivity contribution is 5.74. The number of amides is 2. The standard InChI is InChI=1S/C25H30N4O/c1-19(15-16-20-9-4-2-5-10-20)27-25(30)28-23-13-8-14-24-22(23)17-26-29(24)18-21-11-6-3-7-12-21/h2-7,9-12,17,19,23H,8,13-16,18H2,1H3,(H2,27,28,30). The molecule has 2 aromatic carbocycles. The summed E-state index contributed by atoms with van der Waals surface area (Å²) in [6.45, 7) is 2.83. The van der Waals surface area contributed by atoms with E-state index in [1.165, 1.54) is 16.8 Å². The summed E-state index contributed by atoms with van der Waals surface area (Å²) in [7, 11) is 0. The zero-order chi connectivity index (χ0) is 20.8. The van der Waals surface area contributed by atoms with Gasteiger partial charge in [0.05, 0.1) is 18.8 Å². The first kappa shape index (κ1) is 20.2. The smallest absolute Gasteiger partial charge is 0.315 e. The first-order valence-electron chi connectivity index (χ1n) is 10.9. The van der Waals surface area contributed by atoms with Crippen LogP contribution in [-0.2, 0) is 19.4 Å². The zero-order valence-corrected chi connectivity index (χ0v) is 17.6. The van der Waals surface area contributed by atoms with Crippen molar-refractivity contribution >= 4 is 6.03 Å². The number of aryl methyl sites for hydroxylation is 1. The Bertz CT molecular complexity index is 952. The minimum absolute atomic E-state index is 0.0274. The molecule has 30 heavy (non-hydrogen) atoms. The van der Waals surface area contributed by atoms with Crippen molar-refractivity contribution in [1.29, 1.82) is 0 Å². The summed E-state index contributed by atoms with van der Waals surface area (Å²) in [6.07, 6.45) is 6.83. The molecule has 1 aliphatic carbocycles. The van der Waals surface area contributed by atoms with Crippen LogP contribution in [0.2, 0.25) is 0 Å². The predicted molar refractivity (Wildman–Crippen MR) is 119 cm³/mol. The summed E-state index contributed by atoms with van der Waals surface area (Å²) >= 11 is 0. The van der Waals surface area contributed by atoms with E-state index in [9.17, 15) is 4.79 Å². The van der Waals surface area contributed by atoms with Gasteiger partial charge in [0, 0.05) is 17.3 Å². The summed E-state index contributed by atoms with van der Waals surface area (Å²) in [4.78, 5) is 12.6. The van der Waals surface area contributed by atoms with Crippen molar-refractivity contribution in [3.63, 3.8) is 0 Å². The van der Waals surface area contributed by atoms with Gasteiger partial charge in [0.15, 0.2) is 0 Å². The number of nitrogens with one attached hydrogen (secondary N) is 2. The molecule has 5 heteroatoms. The largest absolute Gasteiger partial charge is 0.336 e. The third kappa shape index (κ3) is 5.09. The van der Waals surface area contributed by atoms with Crippen LogP contribution in [0.1, 0.15) is 54.6 Å². The van der Waals surface area contributed by atoms with E-state index < -0.39 is 0 Å². The third-order valence-electron chi connectivity index (χ3n) is 5.83. The van der Waals surface area contributed by atoms with Crippen LogP contribution in [0.5, 0.6) is 0 Å². The van der Waals surface area contributed by atoms with E-state index in [2.05, 4.69) is 75.9 Å². The van der Waals surface area contributed by atoms with Crippen LogP contribution in [0.4, 0.5) is 4.79 Å². The van der Waals surface area contributed by atoms with Gasteiger partial charge in [0.1, 0.15) is 0 Å². The van der Waals surface area contributed by atoms with Gasteiger partial charge in [-0.2, -0.15) is 5.10 Å². The Kier molecular flexibility index (Phi) is 6.47. The lowest BCUT2D eigenvalue weighted by atomic mass is 9.93. The van der Waals surface area contributed by atoms with E-state index in [4.69, 9.17) is 0 Å². The topological polar surface area (TPSA) is 59.0 Å². The van der Waals surface area contributed by atoms with E-state index >= 15 is 0 Å². The van der Waals surface area contributed by atoms with Crippen LogP contribution in [0.25, 0.3) is 0 Å². The second-order valence-corrected chi connectivity index (χ2v) is 8.18. The molecule has 0 bridgehead atoms. The molecule has 0 aliphatic heterocycles. The molecular formula is C25H30N4O. The van der Waals surface area contributed by atoms with Gasteiger partial charge in [-0.1, -0.05) is 60.7 Å². The zero-order valence-electron chi connectivity index (χ0n) is 17.6. The van der Waals surface area contributed by atoms with Crippen molar-refractivity contribution in [2.75, 3.05) is 0 Å². The quantitative estimate of drug-likeness (QED) is 0.605. The highest BCUT2D eigenvalue weighted by Crippen LogP contribution is 2.30. The van der Waals surface area contributed by atoms with Gasteiger partial charge >= 0.3 is 6.03 Å². The number of aromatic nitrogens is 2. The first-order valence-corrected chi connectivity index (χ1v) is 10.9. The lowest BCUT2D eigenvalue weighted by molar-refractivity contribution is 0.231. The van der Waals surface area contributed by atoms with Crippen LogP contribution in [0.15, 0.2) is 66.9 Å². The fraction of sp³-hybridized carbons (Fsp3) is 0.360. The van der Waals surface area contributed by atoms with E-state index in [1.807, 2.05) is 18.3 Å². The van der Waals surface area contributed by atoms with Crippen LogP contribution in [0.3, 0.4) is 0 Å². The Morgan fingerprint density at radius 1 is 1.10 bits per heavy atom. The number of carbonyl (C=O) groups excluding carboxylic acids is 1. The van der Waals surface area contributed by atoms with Crippen molar-refractivity contribution in [1.82, 2.24) is 20.4 Å². The van der Waals surface area contributed by atoms with Crippen LogP contribution in [0, 0.1) is 0 Å². The molecule has 156 valence electrons. The molecule has 4 rings (SSSR count). The van der Waals surface area contributed by atoms with Gasteiger partial charge in [0.2, 0.25) is 0 Å². The average molecular weight is 403 g/mol. The van der Waals surface area contributed by atoms with E-state index in [-0.39, 0.29) is 18.1 Å². The average Bonchev–Trinajstić information content (AvgIpc) is 3.17. The molecule has 0 radical (unpaired) electrons. The minimum Gasteiger partial charge on any atom is -0.336 e. The Labute approximate surface area is 178 Å². The highest BCUT2D eigenvalue weighted by Gasteiger charge is 2.26. The van der Waals surface area contributed by atoms with E-state index in [0.29, 0.717) is 0 Å². The summed E-state index contributed by atoms with van der Waals surface area (Å²) in [6, 6.07) is 20.8. The normalized spacial score (nSPS) is 16.5. The molecule has 2 amide bonds. The number of hydrogen-bond donors (Lipinski definition) is 2. The first-order chi connectivity index (χ1) is 14.7. The summed E-state index contributed by atoms with van der Waals surface area (Å²) in [5.41, 5.74) is 4.94. The number of hydrogen-bond acceptors (Lipinski definition) is 2.